The molecule has 1 aromatic rings. The van der Waals surface area contributed by atoms with Crippen LogP contribution in [0.1, 0.15) is 32.4 Å². The first kappa shape index (κ1) is 13.2. The lowest BCUT2D eigenvalue weighted by Gasteiger charge is -2.17. The number of pyridine rings is 1. The molecule has 1 aliphatic rings. The molecule has 1 aliphatic heterocycles. The van der Waals surface area contributed by atoms with E-state index in [0.717, 1.165) is 29.0 Å². The molecule has 0 atom stereocenters. The largest absolute Gasteiger partial charge is 0.311 e. The quantitative estimate of drug-likeness (QED) is 0.742. The normalized spacial score (nSPS) is 14.8. The molecule has 0 saturated carbocycles. The van der Waals surface area contributed by atoms with Crippen molar-refractivity contribution in [2.45, 2.75) is 33.6 Å². The first-order chi connectivity index (χ1) is 7.68. The highest BCUT2D eigenvalue weighted by Crippen LogP contribution is 2.25. The van der Waals surface area contributed by atoms with Gasteiger partial charge in [0.2, 0.25) is 5.91 Å². The molecule has 88 valence electrons. The summed E-state index contributed by atoms with van der Waals surface area (Å²) in [5.74, 6) is 0.206. The number of hydrogen-bond donors (Lipinski definition) is 0. The fraction of sp³-hybridized carbons (Fsp3) is 0.500. The van der Waals surface area contributed by atoms with Gasteiger partial charge in [-0.2, -0.15) is 0 Å². The van der Waals surface area contributed by atoms with E-state index in [0.29, 0.717) is 6.42 Å². The lowest BCUT2D eigenvalue weighted by atomic mass is 10.3. The van der Waals surface area contributed by atoms with Crippen LogP contribution in [0.2, 0.25) is 0 Å². The van der Waals surface area contributed by atoms with E-state index in [1.165, 1.54) is 0 Å². The molecular weight excluding hydrogens is 268 g/mol. The van der Waals surface area contributed by atoms with Crippen molar-refractivity contribution in [3.8, 4) is 0 Å². The lowest BCUT2D eigenvalue weighted by Crippen LogP contribution is -2.24. The second-order valence-corrected chi connectivity index (χ2v) is 4.20. The number of nitrogens with zero attached hydrogens (tertiary/aromatic N) is 2. The van der Waals surface area contributed by atoms with Gasteiger partial charge in [-0.1, -0.05) is 13.8 Å². The number of rotatable bonds is 1. The number of hydrogen-bond acceptors (Lipinski definition) is 2. The molecule has 0 bridgehead atoms. The van der Waals surface area contributed by atoms with Crippen LogP contribution >= 0.6 is 15.9 Å². The number of carbonyl (C=O) groups excluding carboxylic acids is 1. The van der Waals surface area contributed by atoms with Crippen molar-refractivity contribution in [1.82, 2.24) is 4.98 Å². The molecule has 0 spiro atoms. The van der Waals surface area contributed by atoms with Gasteiger partial charge in [0.1, 0.15) is 4.60 Å². The predicted molar refractivity (Wildman–Crippen MR) is 69.6 cm³/mol. The molecule has 2 rings (SSSR count). The molecule has 0 unspecified atom stereocenters. The van der Waals surface area contributed by atoms with Crippen molar-refractivity contribution in [3.63, 3.8) is 0 Å². The number of amides is 1. The molecule has 0 radical (unpaired) electrons. The van der Waals surface area contributed by atoms with E-state index in [-0.39, 0.29) is 5.91 Å². The topological polar surface area (TPSA) is 33.2 Å². The smallest absolute Gasteiger partial charge is 0.227 e. The van der Waals surface area contributed by atoms with Crippen LogP contribution in [0.3, 0.4) is 0 Å². The van der Waals surface area contributed by atoms with E-state index in [4.69, 9.17) is 0 Å². The summed E-state index contributed by atoms with van der Waals surface area (Å²) in [6.07, 6.45) is 1.61. The summed E-state index contributed by atoms with van der Waals surface area (Å²) in [4.78, 5) is 17.6. The molecule has 3 nitrogen and oxygen atoms in total. The third-order valence-corrected chi connectivity index (χ3v) is 2.83. The monoisotopic (exact) mass is 284 g/mol. The van der Waals surface area contributed by atoms with Gasteiger partial charge in [0, 0.05) is 13.0 Å². The third-order valence-electron chi connectivity index (χ3n) is 2.39. The molecular formula is C12H17BrN2O. The van der Waals surface area contributed by atoms with Crippen LogP contribution in [0.25, 0.3) is 0 Å². The van der Waals surface area contributed by atoms with Gasteiger partial charge in [-0.25, -0.2) is 4.98 Å². The molecule has 16 heavy (non-hydrogen) atoms. The van der Waals surface area contributed by atoms with Crippen molar-refractivity contribution in [2.75, 3.05) is 11.4 Å². The highest BCUT2D eigenvalue weighted by atomic mass is 79.9. The van der Waals surface area contributed by atoms with E-state index >= 15 is 0 Å². The van der Waals surface area contributed by atoms with E-state index in [9.17, 15) is 4.79 Å². The Morgan fingerprint density at radius 2 is 2.06 bits per heavy atom. The zero-order chi connectivity index (χ0) is 12.1. The van der Waals surface area contributed by atoms with Crippen LogP contribution in [-0.4, -0.2) is 17.4 Å². The SMILES string of the molecule is CC.Cc1nc(Br)ccc1N1CCCC1=O. The minimum absolute atomic E-state index is 0.206. The van der Waals surface area contributed by atoms with Crippen LogP contribution in [0.15, 0.2) is 16.7 Å². The van der Waals surface area contributed by atoms with Gasteiger partial charge in [-0.3, -0.25) is 4.79 Å². The van der Waals surface area contributed by atoms with Gasteiger partial charge in [0.15, 0.2) is 0 Å². The number of halogens is 1. The summed E-state index contributed by atoms with van der Waals surface area (Å²) in [5, 5.41) is 0. The maximum absolute atomic E-state index is 11.5. The molecule has 0 N–H and O–H groups in total. The van der Waals surface area contributed by atoms with Crippen LogP contribution in [0, 0.1) is 6.92 Å². The van der Waals surface area contributed by atoms with Crippen LogP contribution in [-0.2, 0) is 4.79 Å². The molecule has 1 amide bonds. The average molecular weight is 285 g/mol. The number of carbonyl (C=O) groups is 1. The highest BCUT2D eigenvalue weighted by molar-refractivity contribution is 9.10. The standard InChI is InChI=1S/C10H11BrN2O.C2H6/c1-7-8(4-5-9(11)12-7)13-6-2-3-10(13)14;1-2/h4-5H,2-3,6H2,1H3;1-2H3. The Bertz CT molecular complexity index is 379. The van der Waals surface area contributed by atoms with Crippen LogP contribution in [0.4, 0.5) is 5.69 Å². The van der Waals surface area contributed by atoms with Gasteiger partial charge in [0.05, 0.1) is 11.4 Å². The Balaban J connectivity index is 0.000000606. The Kier molecular flexibility index (Phi) is 4.93. The summed E-state index contributed by atoms with van der Waals surface area (Å²) in [7, 11) is 0. The van der Waals surface area contributed by atoms with Gasteiger partial charge in [0.25, 0.3) is 0 Å². The predicted octanol–water partition coefficient (Wildman–Crippen LogP) is 3.31. The Labute approximate surface area is 105 Å². The fourth-order valence-electron chi connectivity index (χ4n) is 1.71. The van der Waals surface area contributed by atoms with Crippen molar-refractivity contribution < 1.29 is 4.79 Å². The molecule has 1 fully saturated rings. The van der Waals surface area contributed by atoms with E-state index in [2.05, 4.69) is 20.9 Å². The Morgan fingerprint density at radius 1 is 1.38 bits per heavy atom. The Morgan fingerprint density at radius 3 is 2.56 bits per heavy atom. The number of anilines is 1. The third kappa shape index (κ3) is 2.82. The van der Waals surface area contributed by atoms with E-state index in [1.54, 1.807) is 0 Å². The highest BCUT2D eigenvalue weighted by Gasteiger charge is 2.23. The fourth-order valence-corrected chi connectivity index (χ4v) is 2.11. The molecule has 0 aliphatic carbocycles. The second kappa shape index (κ2) is 5.99. The van der Waals surface area contributed by atoms with Crippen molar-refractivity contribution in [2.24, 2.45) is 0 Å². The number of aryl methyl sites for hydroxylation is 1. The first-order valence-electron chi connectivity index (χ1n) is 5.62. The lowest BCUT2D eigenvalue weighted by molar-refractivity contribution is -0.117. The minimum Gasteiger partial charge on any atom is -0.311 e. The first-order valence-corrected chi connectivity index (χ1v) is 6.41. The summed E-state index contributed by atoms with van der Waals surface area (Å²) in [6.45, 7) is 6.74. The molecule has 2 heterocycles. The minimum atomic E-state index is 0.206. The van der Waals surface area contributed by atoms with Crippen molar-refractivity contribution >= 4 is 27.5 Å². The zero-order valence-electron chi connectivity index (χ0n) is 9.96. The summed E-state index contributed by atoms with van der Waals surface area (Å²) in [6, 6.07) is 3.81. The molecule has 1 aromatic heterocycles. The van der Waals surface area contributed by atoms with Crippen molar-refractivity contribution in [1.29, 1.82) is 0 Å². The molecule has 1 saturated heterocycles. The van der Waals surface area contributed by atoms with Gasteiger partial charge < -0.3 is 4.90 Å². The average Bonchev–Trinajstić information content (AvgIpc) is 2.68. The summed E-state index contributed by atoms with van der Waals surface area (Å²) in [5.41, 5.74) is 1.84. The van der Waals surface area contributed by atoms with Crippen molar-refractivity contribution in [3.05, 3.63) is 22.4 Å². The summed E-state index contributed by atoms with van der Waals surface area (Å²) < 4.78 is 0.811. The van der Waals surface area contributed by atoms with E-state index in [1.807, 2.05) is 37.8 Å². The maximum Gasteiger partial charge on any atom is 0.227 e. The summed E-state index contributed by atoms with van der Waals surface area (Å²) >= 11 is 3.31. The van der Waals surface area contributed by atoms with Gasteiger partial charge >= 0.3 is 0 Å². The van der Waals surface area contributed by atoms with Crippen LogP contribution < -0.4 is 4.90 Å². The Hall–Kier alpha value is -0.900. The molecule has 0 aromatic carbocycles. The maximum atomic E-state index is 11.5. The second-order valence-electron chi connectivity index (χ2n) is 3.39. The number of aromatic nitrogens is 1. The van der Waals surface area contributed by atoms with Crippen LogP contribution in [0.5, 0.6) is 0 Å². The van der Waals surface area contributed by atoms with E-state index < -0.39 is 0 Å². The van der Waals surface area contributed by atoms with Gasteiger partial charge in [-0.15, -0.1) is 0 Å². The van der Waals surface area contributed by atoms with Gasteiger partial charge in [-0.05, 0) is 41.4 Å². The molecule has 4 heteroatoms. The zero-order valence-corrected chi connectivity index (χ0v) is 11.5.